The Morgan fingerprint density at radius 3 is 2.28 bits per heavy atom. The average molecular weight is 517 g/mol. The third-order valence-corrected chi connectivity index (χ3v) is 5.78. The van der Waals surface area contributed by atoms with E-state index < -0.39 is 27.1 Å². The summed E-state index contributed by atoms with van der Waals surface area (Å²) in [5.74, 6) is -1.33. The molecule has 2 N–H and O–H groups in total. The van der Waals surface area contributed by atoms with Crippen LogP contribution in [0.2, 0.25) is 5.02 Å². The van der Waals surface area contributed by atoms with Crippen LogP contribution >= 0.6 is 11.6 Å². The summed E-state index contributed by atoms with van der Waals surface area (Å²) in [6.07, 6.45) is 1.12. The van der Waals surface area contributed by atoms with Crippen molar-refractivity contribution in [1.29, 1.82) is 0 Å². The summed E-state index contributed by atoms with van der Waals surface area (Å²) < 4.78 is 13.2. The summed E-state index contributed by atoms with van der Waals surface area (Å²) in [4.78, 5) is 45.7. The molecule has 1 fully saturated rings. The molecule has 1 aromatic heterocycles. The number of nitro groups is 2. The lowest BCUT2D eigenvalue weighted by atomic mass is 10.2. The molecule has 36 heavy (non-hydrogen) atoms. The van der Waals surface area contributed by atoms with E-state index in [1.165, 1.54) is 24.3 Å². The molecular weight excluding hydrogens is 499 g/mol. The molecule has 1 aliphatic heterocycles. The SMILES string of the molecule is O=C(NNc1ncnc(N2CCN(c3ccc(F)cc3)CC2)c1[N+](=O)[O-])c1ccc(Cl)c([N+](=O)[O-])c1. The van der Waals surface area contributed by atoms with Gasteiger partial charge in [0.05, 0.1) is 9.85 Å². The monoisotopic (exact) mass is 516 g/mol. The summed E-state index contributed by atoms with van der Waals surface area (Å²) in [6.45, 7) is 1.83. The second-order valence-electron chi connectivity index (χ2n) is 7.60. The molecule has 0 saturated carbocycles. The number of carbonyl (C=O) groups excluding carboxylic acids is 1. The lowest BCUT2D eigenvalue weighted by Crippen LogP contribution is -2.47. The number of carbonyl (C=O) groups is 1. The fourth-order valence-corrected chi connectivity index (χ4v) is 3.86. The Morgan fingerprint density at radius 2 is 1.64 bits per heavy atom. The molecular formula is C21H18ClFN8O5. The second-order valence-corrected chi connectivity index (χ2v) is 8.01. The van der Waals surface area contributed by atoms with Gasteiger partial charge in [0.15, 0.2) is 0 Å². The minimum atomic E-state index is -0.794. The molecule has 186 valence electrons. The Balaban J connectivity index is 1.48. The molecule has 15 heteroatoms. The first-order valence-corrected chi connectivity index (χ1v) is 10.9. The molecule has 0 bridgehead atoms. The minimum Gasteiger partial charge on any atom is -0.368 e. The van der Waals surface area contributed by atoms with Gasteiger partial charge >= 0.3 is 5.69 Å². The van der Waals surface area contributed by atoms with Gasteiger partial charge in [-0.05, 0) is 36.4 Å². The zero-order valence-corrected chi connectivity index (χ0v) is 19.2. The zero-order chi connectivity index (χ0) is 25.8. The molecule has 0 atom stereocenters. The number of anilines is 3. The van der Waals surface area contributed by atoms with Crippen LogP contribution in [0.4, 0.5) is 33.1 Å². The third-order valence-electron chi connectivity index (χ3n) is 5.46. The molecule has 4 rings (SSSR count). The van der Waals surface area contributed by atoms with Crippen LogP contribution in [0.15, 0.2) is 48.8 Å². The first-order valence-electron chi connectivity index (χ1n) is 10.5. The Labute approximate surface area is 207 Å². The number of halogens is 2. The van der Waals surface area contributed by atoms with Crippen LogP contribution in [0.25, 0.3) is 0 Å². The van der Waals surface area contributed by atoms with Gasteiger partial charge in [-0.2, -0.15) is 0 Å². The van der Waals surface area contributed by atoms with E-state index >= 15 is 0 Å². The van der Waals surface area contributed by atoms with E-state index in [9.17, 15) is 29.4 Å². The van der Waals surface area contributed by atoms with Crippen molar-refractivity contribution in [3.05, 3.63) is 85.4 Å². The number of nitro benzene ring substituents is 1. The molecule has 3 aromatic rings. The molecule has 0 radical (unpaired) electrons. The smallest absolute Gasteiger partial charge is 0.355 e. The van der Waals surface area contributed by atoms with Crippen LogP contribution < -0.4 is 20.7 Å². The van der Waals surface area contributed by atoms with E-state index in [1.54, 1.807) is 17.0 Å². The Kier molecular flexibility index (Phi) is 7.05. The van der Waals surface area contributed by atoms with Gasteiger partial charge in [0.25, 0.3) is 11.6 Å². The third kappa shape index (κ3) is 5.22. The quantitative estimate of drug-likeness (QED) is 0.352. The number of rotatable bonds is 7. The summed E-state index contributed by atoms with van der Waals surface area (Å²) >= 11 is 5.76. The lowest BCUT2D eigenvalue weighted by Gasteiger charge is -2.36. The van der Waals surface area contributed by atoms with E-state index in [-0.39, 0.29) is 28.0 Å². The van der Waals surface area contributed by atoms with Crippen molar-refractivity contribution < 1.29 is 19.0 Å². The second kappa shape index (κ2) is 10.4. The predicted molar refractivity (Wildman–Crippen MR) is 129 cm³/mol. The Hall–Kier alpha value is -4.59. The Bertz CT molecular complexity index is 1320. The summed E-state index contributed by atoms with van der Waals surface area (Å²) in [7, 11) is 0. The summed E-state index contributed by atoms with van der Waals surface area (Å²) in [5.41, 5.74) is 4.50. The van der Waals surface area contributed by atoms with E-state index in [2.05, 4.69) is 20.8 Å². The van der Waals surface area contributed by atoms with Gasteiger partial charge in [-0.15, -0.1) is 0 Å². The molecule has 2 aromatic carbocycles. The lowest BCUT2D eigenvalue weighted by molar-refractivity contribution is -0.384. The van der Waals surface area contributed by atoms with Crippen LogP contribution in [0.1, 0.15) is 10.4 Å². The first-order chi connectivity index (χ1) is 17.2. The normalized spacial score (nSPS) is 13.3. The van der Waals surface area contributed by atoms with Crippen LogP contribution in [-0.4, -0.2) is 51.9 Å². The van der Waals surface area contributed by atoms with E-state index in [1.807, 2.05) is 4.90 Å². The maximum absolute atomic E-state index is 13.2. The van der Waals surface area contributed by atoms with Crippen LogP contribution in [0.5, 0.6) is 0 Å². The zero-order valence-electron chi connectivity index (χ0n) is 18.4. The fraction of sp³-hybridized carbons (Fsp3) is 0.190. The van der Waals surface area contributed by atoms with Crippen molar-refractivity contribution in [2.45, 2.75) is 0 Å². The van der Waals surface area contributed by atoms with Gasteiger partial charge in [-0.1, -0.05) is 11.6 Å². The largest absolute Gasteiger partial charge is 0.368 e. The van der Waals surface area contributed by atoms with Crippen molar-refractivity contribution in [3.8, 4) is 0 Å². The number of amides is 1. The fourth-order valence-electron chi connectivity index (χ4n) is 3.67. The molecule has 1 amide bonds. The van der Waals surface area contributed by atoms with E-state index in [4.69, 9.17) is 11.6 Å². The van der Waals surface area contributed by atoms with Crippen molar-refractivity contribution >= 4 is 46.2 Å². The highest BCUT2D eigenvalue weighted by Crippen LogP contribution is 2.32. The number of piperazine rings is 1. The van der Waals surface area contributed by atoms with Crippen molar-refractivity contribution in [3.63, 3.8) is 0 Å². The van der Waals surface area contributed by atoms with Gasteiger partial charge in [0, 0.05) is 43.5 Å². The highest BCUT2D eigenvalue weighted by atomic mass is 35.5. The van der Waals surface area contributed by atoms with E-state index in [0.717, 1.165) is 18.1 Å². The predicted octanol–water partition coefficient (Wildman–Crippen LogP) is 3.17. The highest BCUT2D eigenvalue weighted by molar-refractivity contribution is 6.32. The summed E-state index contributed by atoms with van der Waals surface area (Å²) in [6, 6.07) is 9.52. The summed E-state index contributed by atoms with van der Waals surface area (Å²) in [5, 5.41) is 22.8. The number of benzene rings is 2. The first kappa shape index (κ1) is 24.5. The van der Waals surface area contributed by atoms with E-state index in [0.29, 0.717) is 26.2 Å². The molecule has 1 saturated heterocycles. The minimum absolute atomic E-state index is 0.0626. The average Bonchev–Trinajstić information content (AvgIpc) is 2.87. The topological polar surface area (TPSA) is 160 Å². The number of hydrazine groups is 1. The molecule has 13 nitrogen and oxygen atoms in total. The Morgan fingerprint density at radius 1 is 0.972 bits per heavy atom. The van der Waals surface area contributed by atoms with Gasteiger partial charge in [-0.25, -0.2) is 14.4 Å². The molecule has 0 spiro atoms. The van der Waals surface area contributed by atoms with Gasteiger partial charge in [-0.3, -0.25) is 35.9 Å². The van der Waals surface area contributed by atoms with Gasteiger partial charge in [0.1, 0.15) is 17.2 Å². The number of hydrogen-bond donors (Lipinski definition) is 2. The van der Waals surface area contributed by atoms with Crippen molar-refractivity contribution in [2.24, 2.45) is 0 Å². The van der Waals surface area contributed by atoms with Gasteiger partial charge in [0.2, 0.25) is 11.6 Å². The van der Waals surface area contributed by atoms with Gasteiger partial charge < -0.3 is 9.80 Å². The number of hydrogen-bond acceptors (Lipinski definition) is 10. The number of nitrogens with zero attached hydrogens (tertiary/aromatic N) is 6. The van der Waals surface area contributed by atoms with Crippen LogP contribution in [-0.2, 0) is 0 Å². The van der Waals surface area contributed by atoms with Crippen LogP contribution in [0, 0.1) is 26.0 Å². The molecule has 1 aliphatic rings. The van der Waals surface area contributed by atoms with Crippen LogP contribution in [0.3, 0.4) is 0 Å². The van der Waals surface area contributed by atoms with Crippen molar-refractivity contribution in [2.75, 3.05) is 41.4 Å². The maximum atomic E-state index is 13.2. The molecule has 2 heterocycles. The highest BCUT2D eigenvalue weighted by Gasteiger charge is 2.30. The molecule has 0 aliphatic carbocycles. The standard InChI is InChI=1S/C21H18ClFN8O5/c22-16-6-1-13(11-17(16)30(33)34)21(32)27-26-19-18(31(35)36)20(25-12-24-19)29-9-7-28(8-10-29)15-4-2-14(23)3-5-15/h1-6,11-12H,7-10H2,(H,27,32)(H,24,25,26). The maximum Gasteiger partial charge on any atom is 0.355 e. The number of nitrogens with one attached hydrogen (secondary N) is 2. The molecule has 0 unspecified atom stereocenters. The van der Waals surface area contributed by atoms with Crippen molar-refractivity contribution in [1.82, 2.24) is 15.4 Å². The number of aromatic nitrogens is 2.